The number of hydrogen-bond donors (Lipinski definition) is 2. The molecule has 30 heavy (non-hydrogen) atoms. The molecule has 1 heterocycles. The number of anilines is 1. The van der Waals surface area contributed by atoms with Crippen molar-refractivity contribution in [1.29, 1.82) is 0 Å². The van der Waals surface area contributed by atoms with Crippen LogP contribution in [0.15, 0.2) is 88.5 Å². The number of amides is 1. The van der Waals surface area contributed by atoms with Crippen molar-refractivity contribution in [2.45, 2.75) is 17.3 Å². The molecule has 1 atom stereocenters. The van der Waals surface area contributed by atoms with E-state index in [0.717, 1.165) is 26.9 Å². The first-order valence-corrected chi connectivity index (χ1v) is 11.1. The van der Waals surface area contributed by atoms with Crippen LogP contribution in [0.4, 0.5) is 5.69 Å². The Bertz CT molecular complexity index is 1160. The normalized spacial score (nSPS) is 11.8. The number of carbonyl (C=O) groups excluding carboxylic acids is 1. The molecule has 0 fully saturated rings. The Balaban J connectivity index is 1.47. The Labute approximate surface area is 187 Å². The number of aromatic amines is 1. The Kier molecular flexibility index (Phi) is 6.30. The maximum Gasteiger partial charge on any atom is 0.237 e. The summed E-state index contributed by atoms with van der Waals surface area (Å²) in [5, 5.41) is 10.4. The van der Waals surface area contributed by atoms with Crippen LogP contribution in [0.1, 0.15) is 6.92 Å². The van der Waals surface area contributed by atoms with E-state index in [1.807, 2.05) is 85.8 Å². The highest BCUT2D eigenvalue weighted by Gasteiger charge is 2.19. The van der Waals surface area contributed by atoms with Crippen LogP contribution in [0.2, 0.25) is 0 Å². The predicted octanol–water partition coefficient (Wildman–Crippen LogP) is 6.02. The predicted molar refractivity (Wildman–Crippen MR) is 125 cm³/mol. The molecule has 0 saturated heterocycles. The van der Waals surface area contributed by atoms with Crippen molar-refractivity contribution < 1.29 is 4.79 Å². The third-order valence-corrected chi connectivity index (χ3v) is 6.17. The van der Waals surface area contributed by atoms with E-state index >= 15 is 0 Å². The van der Waals surface area contributed by atoms with E-state index < -0.39 is 0 Å². The molecule has 5 nitrogen and oxygen atoms in total. The van der Waals surface area contributed by atoms with Crippen molar-refractivity contribution in [3.63, 3.8) is 0 Å². The Morgan fingerprint density at radius 2 is 1.63 bits per heavy atom. The highest BCUT2D eigenvalue weighted by molar-refractivity contribution is 9.10. The summed E-state index contributed by atoms with van der Waals surface area (Å²) >= 11 is 4.83. The van der Waals surface area contributed by atoms with Crippen molar-refractivity contribution in [1.82, 2.24) is 15.2 Å². The fourth-order valence-corrected chi connectivity index (χ4v) is 4.18. The van der Waals surface area contributed by atoms with Gasteiger partial charge in [-0.1, -0.05) is 94.4 Å². The monoisotopic (exact) mass is 478 g/mol. The van der Waals surface area contributed by atoms with Crippen LogP contribution in [0.3, 0.4) is 0 Å². The summed E-state index contributed by atoms with van der Waals surface area (Å²) in [6, 6.07) is 25.6. The van der Waals surface area contributed by atoms with E-state index in [0.29, 0.717) is 11.0 Å². The first kappa shape index (κ1) is 20.4. The first-order valence-electron chi connectivity index (χ1n) is 9.41. The number of rotatable bonds is 6. The molecule has 0 aliphatic carbocycles. The van der Waals surface area contributed by atoms with Gasteiger partial charge in [-0.3, -0.25) is 9.89 Å². The third-order valence-electron chi connectivity index (χ3n) is 4.52. The van der Waals surface area contributed by atoms with Gasteiger partial charge in [0.2, 0.25) is 11.1 Å². The van der Waals surface area contributed by atoms with Gasteiger partial charge in [0, 0.05) is 21.3 Å². The lowest BCUT2D eigenvalue weighted by Crippen LogP contribution is -2.22. The molecule has 0 aliphatic rings. The minimum absolute atomic E-state index is 0.101. The summed E-state index contributed by atoms with van der Waals surface area (Å²) in [6.07, 6.45) is 0. The van der Waals surface area contributed by atoms with E-state index in [-0.39, 0.29) is 11.2 Å². The zero-order chi connectivity index (χ0) is 20.9. The quantitative estimate of drug-likeness (QED) is 0.332. The van der Waals surface area contributed by atoms with Crippen LogP contribution in [-0.4, -0.2) is 26.3 Å². The number of para-hydroxylation sites is 1. The number of carbonyl (C=O) groups is 1. The average Bonchev–Trinajstić information content (AvgIpc) is 3.23. The lowest BCUT2D eigenvalue weighted by Gasteiger charge is -2.14. The third kappa shape index (κ3) is 4.63. The molecule has 4 aromatic rings. The standard InChI is InChI=1S/C23H19BrN4OS/c1-15(30-23-26-21(27-28-23)18-12-5-7-13-19(18)24)22(29)25-20-14-8-6-11-17(20)16-9-3-2-4-10-16/h2-15H,1H3,(H,25,29)(H,26,27,28)/t15-/m0/s1. The van der Waals surface area contributed by atoms with Crippen LogP contribution >= 0.6 is 27.7 Å². The maximum atomic E-state index is 12.8. The van der Waals surface area contributed by atoms with E-state index in [1.54, 1.807) is 0 Å². The summed E-state index contributed by atoms with van der Waals surface area (Å²) in [5.74, 6) is 0.558. The summed E-state index contributed by atoms with van der Waals surface area (Å²) in [5.41, 5.74) is 3.74. The fraction of sp³-hybridized carbons (Fsp3) is 0.0870. The first-order chi connectivity index (χ1) is 14.6. The van der Waals surface area contributed by atoms with Gasteiger partial charge in [-0.2, -0.15) is 0 Å². The summed E-state index contributed by atoms with van der Waals surface area (Å²) < 4.78 is 0.931. The zero-order valence-electron chi connectivity index (χ0n) is 16.2. The number of thioether (sulfide) groups is 1. The van der Waals surface area contributed by atoms with E-state index in [4.69, 9.17) is 0 Å². The number of benzene rings is 3. The number of hydrogen-bond acceptors (Lipinski definition) is 4. The second kappa shape index (κ2) is 9.28. The molecule has 7 heteroatoms. The molecule has 0 aliphatic heterocycles. The molecule has 2 N–H and O–H groups in total. The Hall–Kier alpha value is -2.90. The second-order valence-electron chi connectivity index (χ2n) is 6.61. The fourth-order valence-electron chi connectivity index (χ4n) is 2.98. The van der Waals surface area contributed by atoms with Crippen LogP contribution in [-0.2, 0) is 4.79 Å². The topological polar surface area (TPSA) is 70.7 Å². The smallest absolute Gasteiger partial charge is 0.237 e. The minimum atomic E-state index is -0.364. The van der Waals surface area contributed by atoms with Gasteiger partial charge in [-0.25, -0.2) is 4.98 Å². The molecular formula is C23H19BrN4OS. The molecule has 1 aromatic heterocycles. The number of aromatic nitrogens is 3. The van der Waals surface area contributed by atoms with Crippen molar-refractivity contribution in [3.05, 3.63) is 83.3 Å². The summed E-state index contributed by atoms with van der Waals surface area (Å²) in [6.45, 7) is 1.85. The molecular weight excluding hydrogens is 460 g/mol. The second-order valence-corrected chi connectivity index (χ2v) is 8.77. The molecule has 150 valence electrons. The molecule has 0 spiro atoms. The van der Waals surface area contributed by atoms with Crippen LogP contribution in [0.25, 0.3) is 22.5 Å². The number of H-pyrrole nitrogens is 1. The average molecular weight is 479 g/mol. The molecule has 0 bridgehead atoms. The van der Waals surface area contributed by atoms with Gasteiger partial charge in [0.1, 0.15) is 0 Å². The summed E-state index contributed by atoms with van der Waals surface area (Å²) in [4.78, 5) is 17.3. The van der Waals surface area contributed by atoms with E-state index in [2.05, 4.69) is 36.4 Å². The molecule has 0 saturated carbocycles. The van der Waals surface area contributed by atoms with Crippen molar-refractivity contribution in [3.8, 4) is 22.5 Å². The van der Waals surface area contributed by atoms with Gasteiger partial charge < -0.3 is 5.32 Å². The number of nitrogens with one attached hydrogen (secondary N) is 2. The van der Waals surface area contributed by atoms with Gasteiger partial charge in [-0.15, -0.1) is 5.10 Å². The summed E-state index contributed by atoms with van der Waals surface area (Å²) in [7, 11) is 0. The van der Waals surface area contributed by atoms with Gasteiger partial charge in [0.25, 0.3) is 0 Å². The lowest BCUT2D eigenvalue weighted by molar-refractivity contribution is -0.115. The Morgan fingerprint density at radius 1 is 0.967 bits per heavy atom. The lowest BCUT2D eigenvalue weighted by atomic mass is 10.0. The van der Waals surface area contributed by atoms with Crippen molar-refractivity contribution in [2.24, 2.45) is 0 Å². The van der Waals surface area contributed by atoms with E-state index in [9.17, 15) is 4.79 Å². The number of nitrogens with zero attached hydrogens (tertiary/aromatic N) is 2. The van der Waals surface area contributed by atoms with Gasteiger partial charge in [0.05, 0.1) is 5.25 Å². The molecule has 1 amide bonds. The molecule has 3 aromatic carbocycles. The van der Waals surface area contributed by atoms with Crippen LogP contribution in [0.5, 0.6) is 0 Å². The SMILES string of the molecule is C[C@H](Sc1n[nH]c(-c2ccccc2Br)n1)C(=O)Nc1ccccc1-c1ccccc1. The van der Waals surface area contributed by atoms with Gasteiger partial charge in [-0.05, 0) is 24.6 Å². The van der Waals surface area contributed by atoms with Crippen LogP contribution < -0.4 is 5.32 Å². The van der Waals surface area contributed by atoms with Gasteiger partial charge in [0.15, 0.2) is 5.82 Å². The molecule has 0 radical (unpaired) electrons. The van der Waals surface area contributed by atoms with Crippen molar-refractivity contribution >= 4 is 39.3 Å². The Morgan fingerprint density at radius 3 is 2.40 bits per heavy atom. The van der Waals surface area contributed by atoms with Crippen molar-refractivity contribution in [2.75, 3.05) is 5.32 Å². The van der Waals surface area contributed by atoms with Crippen LogP contribution in [0, 0.1) is 0 Å². The zero-order valence-corrected chi connectivity index (χ0v) is 18.6. The maximum absolute atomic E-state index is 12.8. The van der Waals surface area contributed by atoms with Gasteiger partial charge >= 0.3 is 0 Å². The molecule has 0 unspecified atom stereocenters. The van der Waals surface area contributed by atoms with E-state index in [1.165, 1.54) is 11.8 Å². The highest BCUT2D eigenvalue weighted by Crippen LogP contribution is 2.30. The number of halogens is 1. The molecule has 4 rings (SSSR count). The largest absolute Gasteiger partial charge is 0.325 e. The minimum Gasteiger partial charge on any atom is -0.325 e. The highest BCUT2D eigenvalue weighted by atomic mass is 79.9.